The molecule has 0 radical (unpaired) electrons. The lowest BCUT2D eigenvalue weighted by atomic mass is 10.1. The third-order valence-corrected chi connectivity index (χ3v) is 3.91. The first-order valence-corrected chi connectivity index (χ1v) is 8.18. The second-order valence-corrected chi connectivity index (χ2v) is 5.78. The highest BCUT2D eigenvalue weighted by Crippen LogP contribution is 2.19. The molecular weight excluding hydrogens is 332 g/mol. The topological polar surface area (TPSA) is 55.2 Å². The van der Waals surface area contributed by atoms with Crippen molar-refractivity contribution in [2.75, 3.05) is 7.11 Å². The Morgan fingerprint density at radius 1 is 1.16 bits per heavy atom. The van der Waals surface area contributed by atoms with Gasteiger partial charge in [-0.25, -0.2) is 5.10 Å². The molecule has 1 N–H and O–H groups in total. The number of hydrogen-bond donors (Lipinski definition) is 1. The van der Waals surface area contributed by atoms with Crippen LogP contribution in [-0.2, 0) is 0 Å². The molecule has 0 amide bonds. The third kappa shape index (κ3) is 3.92. The van der Waals surface area contributed by atoms with Crippen molar-refractivity contribution >= 4 is 24.5 Å². The number of ether oxygens (including phenoxy) is 1. The van der Waals surface area contributed by atoms with Crippen LogP contribution in [0.4, 0.5) is 0 Å². The van der Waals surface area contributed by atoms with Gasteiger partial charge in [-0.05, 0) is 37.4 Å². The summed E-state index contributed by atoms with van der Waals surface area (Å²) in [6, 6.07) is 15.8. The van der Waals surface area contributed by atoms with Crippen molar-refractivity contribution < 1.29 is 4.74 Å². The fourth-order valence-corrected chi connectivity index (χ4v) is 2.52. The van der Waals surface area contributed by atoms with Gasteiger partial charge in [-0.15, -0.1) is 0 Å². The number of para-hydroxylation sites is 1. The van der Waals surface area contributed by atoms with E-state index in [-0.39, 0.29) is 0 Å². The normalized spacial score (nSPS) is 11.4. The van der Waals surface area contributed by atoms with Gasteiger partial charge in [-0.2, -0.15) is 14.9 Å². The summed E-state index contributed by atoms with van der Waals surface area (Å²) in [5, 5.41) is 11.5. The van der Waals surface area contributed by atoms with E-state index in [4.69, 9.17) is 17.0 Å². The molecule has 25 heavy (non-hydrogen) atoms. The third-order valence-electron chi connectivity index (χ3n) is 3.64. The van der Waals surface area contributed by atoms with E-state index in [2.05, 4.69) is 15.3 Å². The number of aromatic amines is 1. The van der Waals surface area contributed by atoms with Gasteiger partial charge in [0.15, 0.2) is 5.82 Å². The van der Waals surface area contributed by atoms with Crippen molar-refractivity contribution in [2.45, 2.75) is 6.92 Å². The maximum Gasteiger partial charge on any atom is 0.216 e. The fourth-order valence-electron chi connectivity index (χ4n) is 2.34. The first kappa shape index (κ1) is 16.9. The van der Waals surface area contributed by atoms with E-state index in [1.54, 1.807) is 18.0 Å². The number of H-pyrrole nitrogens is 1. The molecule has 0 aliphatic carbocycles. The molecule has 2 aromatic carbocycles. The monoisotopic (exact) mass is 350 g/mol. The van der Waals surface area contributed by atoms with Gasteiger partial charge in [-0.1, -0.05) is 48.0 Å². The standard InChI is InChI=1S/C19H18N4OS/c1-14-9-11-16(12-10-14)18-21-22-19(25)23(18)20-13-5-7-15-6-3-4-8-17(15)24-2/h3-13H,1-2H3,(H,22,25)/b7-5+,20-13-. The van der Waals surface area contributed by atoms with Gasteiger partial charge in [0.05, 0.1) is 7.11 Å². The molecule has 0 spiro atoms. The van der Waals surface area contributed by atoms with Crippen LogP contribution in [0.15, 0.2) is 59.7 Å². The van der Waals surface area contributed by atoms with Gasteiger partial charge in [0.25, 0.3) is 0 Å². The minimum atomic E-state index is 0.442. The molecule has 0 bridgehead atoms. The zero-order valence-electron chi connectivity index (χ0n) is 14.0. The van der Waals surface area contributed by atoms with Crippen LogP contribution in [0, 0.1) is 11.7 Å². The van der Waals surface area contributed by atoms with Crippen LogP contribution < -0.4 is 4.74 Å². The van der Waals surface area contributed by atoms with Crippen molar-refractivity contribution in [3.8, 4) is 17.1 Å². The number of rotatable bonds is 5. The minimum Gasteiger partial charge on any atom is -0.496 e. The quantitative estimate of drug-likeness (QED) is 0.545. The number of allylic oxidation sites excluding steroid dienone is 1. The molecular formula is C19H18N4OS. The summed E-state index contributed by atoms with van der Waals surface area (Å²) in [5.74, 6) is 1.49. The summed E-state index contributed by atoms with van der Waals surface area (Å²) in [5.41, 5.74) is 3.11. The molecule has 1 heterocycles. The molecule has 3 rings (SSSR count). The predicted molar refractivity (Wildman–Crippen MR) is 104 cm³/mol. The predicted octanol–water partition coefficient (Wildman–Crippen LogP) is 4.47. The van der Waals surface area contributed by atoms with Gasteiger partial charge >= 0.3 is 0 Å². The molecule has 1 aromatic heterocycles. The average Bonchev–Trinajstić information content (AvgIpc) is 3.00. The van der Waals surface area contributed by atoms with Crippen molar-refractivity contribution in [3.63, 3.8) is 0 Å². The van der Waals surface area contributed by atoms with E-state index in [0.717, 1.165) is 16.9 Å². The summed E-state index contributed by atoms with van der Waals surface area (Å²) in [6.07, 6.45) is 5.44. The number of nitrogens with zero attached hydrogens (tertiary/aromatic N) is 3. The lowest BCUT2D eigenvalue weighted by molar-refractivity contribution is 0.414. The van der Waals surface area contributed by atoms with Crippen LogP contribution >= 0.6 is 12.2 Å². The molecule has 0 saturated carbocycles. The Kier molecular flexibility index (Phi) is 5.20. The van der Waals surface area contributed by atoms with Gasteiger partial charge < -0.3 is 4.74 Å². The number of benzene rings is 2. The van der Waals surface area contributed by atoms with Crippen LogP contribution in [0.1, 0.15) is 11.1 Å². The number of methoxy groups -OCH3 is 1. The molecule has 3 aromatic rings. The number of aryl methyl sites for hydroxylation is 1. The van der Waals surface area contributed by atoms with Gasteiger partial charge in [0.1, 0.15) is 5.75 Å². The van der Waals surface area contributed by atoms with Crippen molar-refractivity contribution in [1.82, 2.24) is 14.9 Å². The Balaban J connectivity index is 1.85. The Morgan fingerprint density at radius 3 is 2.68 bits per heavy atom. The summed E-state index contributed by atoms with van der Waals surface area (Å²) in [7, 11) is 1.65. The lowest BCUT2D eigenvalue weighted by Gasteiger charge is -2.02. The highest BCUT2D eigenvalue weighted by Gasteiger charge is 2.07. The molecule has 0 saturated heterocycles. The van der Waals surface area contributed by atoms with Crippen LogP contribution in [0.2, 0.25) is 0 Å². The summed E-state index contributed by atoms with van der Waals surface area (Å²) in [6.45, 7) is 2.04. The van der Waals surface area contributed by atoms with E-state index in [0.29, 0.717) is 10.6 Å². The number of aromatic nitrogens is 3. The molecule has 0 aliphatic heterocycles. The first-order chi connectivity index (χ1) is 12.2. The van der Waals surface area contributed by atoms with E-state index in [1.165, 1.54) is 5.56 Å². The highest BCUT2D eigenvalue weighted by molar-refractivity contribution is 7.71. The molecule has 6 heteroatoms. The van der Waals surface area contributed by atoms with Crippen LogP contribution in [0.3, 0.4) is 0 Å². The highest BCUT2D eigenvalue weighted by atomic mass is 32.1. The number of hydrogen-bond acceptors (Lipinski definition) is 4. The largest absolute Gasteiger partial charge is 0.496 e. The molecule has 126 valence electrons. The van der Waals surface area contributed by atoms with Crippen molar-refractivity contribution in [3.05, 3.63) is 70.5 Å². The second kappa shape index (κ2) is 7.72. The summed E-state index contributed by atoms with van der Waals surface area (Å²) < 4.78 is 7.37. The van der Waals surface area contributed by atoms with E-state index in [9.17, 15) is 0 Å². The Labute approximate surface area is 151 Å². The zero-order valence-corrected chi connectivity index (χ0v) is 14.8. The van der Waals surface area contributed by atoms with Crippen molar-refractivity contribution in [1.29, 1.82) is 0 Å². The fraction of sp³-hybridized carbons (Fsp3) is 0.105. The van der Waals surface area contributed by atoms with Crippen LogP contribution in [0.5, 0.6) is 5.75 Å². The van der Waals surface area contributed by atoms with Gasteiger partial charge in [0.2, 0.25) is 4.77 Å². The SMILES string of the molecule is COc1ccccc1/C=C/C=N\n1c(-c2ccc(C)cc2)n[nH]c1=S. The van der Waals surface area contributed by atoms with Gasteiger partial charge in [0, 0.05) is 17.3 Å². The Hall–Kier alpha value is -2.99. The number of nitrogens with one attached hydrogen (secondary N) is 1. The van der Waals surface area contributed by atoms with Gasteiger partial charge in [-0.3, -0.25) is 0 Å². The van der Waals surface area contributed by atoms with E-state index >= 15 is 0 Å². The molecule has 0 fully saturated rings. The molecule has 0 unspecified atom stereocenters. The van der Waals surface area contributed by atoms with E-state index in [1.807, 2.05) is 67.6 Å². The second-order valence-electron chi connectivity index (χ2n) is 5.40. The maximum atomic E-state index is 5.32. The lowest BCUT2D eigenvalue weighted by Crippen LogP contribution is -1.93. The molecule has 0 aliphatic rings. The first-order valence-electron chi connectivity index (χ1n) is 7.77. The molecule has 5 nitrogen and oxygen atoms in total. The zero-order chi connectivity index (χ0) is 17.6. The maximum absolute atomic E-state index is 5.32. The smallest absolute Gasteiger partial charge is 0.216 e. The summed E-state index contributed by atoms with van der Waals surface area (Å²) in [4.78, 5) is 0. The minimum absolute atomic E-state index is 0.442. The van der Waals surface area contributed by atoms with Crippen LogP contribution in [0.25, 0.3) is 17.5 Å². The van der Waals surface area contributed by atoms with E-state index < -0.39 is 0 Å². The van der Waals surface area contributed by atoms with Crippen molar-refractivity contribution in [2.24, 2.45) is 5.10 Å². The Bertz CT molecular complexity index is 968. The molecule has 0 atom stereocenters. The van der Waals surface area contributed by atoms with Crippen LogP contribution in [-0.4, -0.2) is 28.2 Å². The average molecular weight is 350 g/mol. The Morgan fingerprint density at radius 2 is 1.92 bits per heavy atom. The summed E-state index contributed by atoms with van der Waals surface area (Å²) >= 11 is 5.27.